The van der Waals surface area contributed by atoms with E-state index in [1.165, 1.54) is 6.08 Å². The van der Waals surface area contributed by atoms with Crippen LogP contribution in [0.3, 0.4) is 0 Å². The van der Waals surface area contributed by atoms with Crippen LogP contribution >= 0.6 is 0 Å². The number of ketones is 1. The number of carbonyl (C=O) groups excluding carboxylic acids is 1. The van der Waals surface area contributed by atoms with E-state index in [9.17, 15) is 4.79 Å². The SMILES string of the molecule is COc1cc(OC)c([C@@H]2COc3c(ccc4c3C=CC(C)(C)O4)C2)cc1/C=C/C(=O)c1ccc(OC)c(OC)c1. The first kappa shape index (κ1) is 27.2. The zero-order valence-electron chi connectivity index (χ0n) is 23.7. The van der Waals surface area contributed by atoms with Gasteiger partial charge in [-0.05, 0) is 80.5 Å². The maximum absolute atomic E-state index is 13.0. The van der Waals surface area contributed by atoms with Crippen LogP contribution in [0.25, 0.3) is 12.2 Å². The Kier molecular flexibility index (Phi) is 7.48. The fraction of sp³-hybridized carbons (Fsp3) is 0.303. The summed E-state index contributed by atoms with van der Waals surface area (Å²) in [4.78, 5) is 13.0. The fourth-order valence-corrected chi connectivity index (χ4v) is 5.16. The van der Waals surface area contributed by atoms with Crippen molar-refractivity contribution in [1.82, 2.24) is 0 Å². The molecule has 0 spiro atoms. The van der Waals surface area contributed by atoms with Gasteiger partial charge in [0.15, 0.2) is 17.3 Å². The molecule has 1 atom stereocenters. The lowest BCUT2D eigenvalue weighted by Gasteiger charge is -2.32. The third-order valence-electron chi connectivity index (χ3n) is 7.26. The third kappa shape index (κ3) is 5.24. The van der Waals surface area contributed by atoms with Crippen LogP contribution < -0.4 is 28.4 Å². The first-order valence-corrected chi connectivity index (χ1v) is 13.1. The summed E-state index contributed by atoms with van der Waals surface area (Å²) in [6, 6.07) is 13.1. The summed E-state index contributed by atoms with van der Waals surface area (Å²) in [5, 5.41) is 0. The van der Waals surface area contributed by atoms with Gasteiger partial charge < -0.3 is 28.4 Å². The highest BCUT2D eigenvalue weighted by Crippen LogP contribution is 2.45. The van der Waals surface area contributed by atoms with Gasteiger partial charge in [0.25, 0.3) is 0 Å². The average Bonchev–Trinajstić information content (AvgIpc) is 2.97. The number of benzene rings is 3. The van der Waals surface area contributed by atoms with E-state index in [0.717, 1.165) is 40.2 Å². The number of rotatable bonds is 8. The molecule has 2 heterocycles. The topological polar surface area (TPSA) is 72.5 Å². The molecule has 0 N–H and O–H groups in total. The molecule has 0 amide bonds. The van der Waals surface area contributed by atoms with Gasteiger partial charge >= 0.3 is 0 Å². The van der Waals surface area contributed by atoms with Crippen molar-refractivity contribution in [3.8, 4) is 34.5 Å². The first-order valence-electron chi connectivity index (χ1n) is 13.1. The Hall–Kier alpha value is -4.39. The van der Waals surface area contributed by atoms with Gasteiger partial charge in [0.05, 0.1) is 40.6 Å². The largest absolute Gasteiger partial charge is 0.496 e. The second kappa shape index (κ2) is 11.0. The van der Waals surface area contributed by atoms with Gasteiger partial charge in [-0.1, -0.05) is 6.07 Å². The molecule has 0 fully saturated rings. The molecule has 0 saturated heterocycles. The molecule has 0 radical (unpaired) electrons. The monoisotopic (exact) mass is 542 g/mol. The molecule has 3 aromatic carbocycles. The van der Waals surface area contributed by atoms with E-state index in [1.807, 2.05) is 32.0 Å². The van der Waals surface area contributed by atoms with Crippen molar-refractivity contribution >= 4 is 17.9 Å². The van der Waals surface area contributed by atoms with E-state index in [-0.39, 0.29) is 17.3 Å². The van der Waals surface area contributed by atoms with E-state index in [2.05, 4.69) is 18.2 Å². The minimum atomic E-state index is -0.348. The van der Waals surface area contributed by atoms with Crippen molar-refractivity contribution in [3.63, 3.8) is 0 Å². The smallest absolute Gasteiger partial charge is 0.185 e. The summed E-state index contributed by atoms with van der Waals surface area (Å²) < 4.78 is 34.5. The Morgan fingerprint density at radius 3 is 2.38 bits per heavy atom. The summed E-state index contributed by atoms with van der Waals surface area (Å²) in [7, 11) is 6.34. The molecule has 208 valence electrons. The van der Waals surface area contributed by atoms with E-state index >= 15 is 0 Å². The van der Waals surface area contributed by atoms with Crippen LogP contribution in [0, 0.1) is 0 Å². The zero-order valence-corrected chi connectivity index (χ0v) is 23.7. The molecule has 5 rings (SSSR count). The van der Waals surface area contributed by atoms with Crippen LogP contribution in [0.15, 0.2) is 54.6 Å². The van der Waals surface area contributed by atoms with Crippen LogP contribution in [0.2, 0.25) is 0 Å². The van der Waals surface area contributed by atoms with Gasteiger partial charge in [0, 0.05) is 28.7 Å². The summed E-state index contributed by atoms with van der Waals surface area (Å²) >= 11 is 0. The lowest BCUT2D eigenvalue weighted by atomic mass is 9.87. The summed E-state index contributed by atoms with van der Waals surface area (Å²) in [6.45, 7) is 4.55. The van der Waals surface area contributed by atoms with E-state index in [1.54, 1.807) is 52.7 Å². The van der Waals surface area contributed by atoms with Crippen LogP contribution in [-0.2, 0) is 6.42 Å². The molecule has 40 heavy (non-hydrogen) atoms. The van der Waals surface area contributed by atoms with E-state index in [0.29, 0.717) is 35.2 Å². The highest BCUT2D eigenvalue weighted by atomic mass is 16.5. The molecule has 0 aromatic heterocycles. The second-order valence-corrected chi connectivity index (χ2v) is 10.3. The normalized spacial score (nSPS) is 16.8. The number of fused-ring (bicyclic) bond motifs is 3. The molecular formula is C33H34O7. The number of ether oxygens (including phenoxy) is 6. The van der Waals surface area contributed by atoms with Gasteiger partial charge in [-0.25, -0.2) is 0 Å². The summed E-state index contributed by atoms with van der Waals surface area (Å²) in [5.74, 6) is 3.95. The highest BCUT2D eigenvalue weighted by Gasteiger charge is 2.30. The first-order chi connectivity index (χ1) is 19.3. The molecule has 0 unspecified atom stereocenters. The molecule has 0 aliphatic carbocycles. The fourth-order valence-electron chi connectivity index (χ4n) is 5.16. The Labute approximate surface area is 234 Å². The molecule has 0 saturated carbocycles. The Morgan fingerprint density at radius 1 is 0.900 bits per heavy atom. The molecule has 0 bridgehead atoms. The number of carbonyl (C=O) groups is 1. The van der Waals surface area contributed by atoms with Crippen LogP contribution in [-0.4, -0.2) is 46.4 Å². The second-order valence-electron chi connectivity index (χ2n) is 10.3. The van der Waals surface area contributed by atoms with Crippen molar-refractivity contribution in [2.24, 2.45) is 0 Å². The van der Waals surface area contributed by atoms with Crippen molar-refractivity contribution in [3.05, 3.63) is 82.4 Å². The lowest BCUT2D eigenvalue weighted by molar-refractivity contribution is 0.104. The van der Waals surface area contributed by atoms with Crippen molar-refractivity contribution in [1.29, 1.82) is 0 Å². The zero-order chi connectivity index (χ0) is 28.4. The molecule has 7 heteroatoms. The van der Waals surface area contributed by atoms with Gasteiger partial charge in [-0.3, -0.25) is 4.79 Å². The van der Waals surface area contributed by atoms with Gasteiger partial charge in [-0.2, -0.15) is 0 Å². The Bertz CT molecular complexity index is 1500. The molecular weight excluding hydrogens is 508 g/mol. The Balaban J connectivity index is 1.44. The maximum Gasteiger partial charge on any atom is 0.185 e. The number of hydrogen-bond acceptors (Lipinski definition) is 7. The number of methoxy groups -OCH3 is 4. The average molecular weight is 543 g/mol. The van der Waals surface area contributed by atoms with Crippen molar-refractivity contribution in [2.45, 2.75) is 31.8 Å². The molecule has 7 nitrogen and oxygen atoms in total. The predicted molar refractivity (Wildman–Crippen MR) is 155 cm³/mol. The molecule has 2 aliphatic rings. The maximum atomic E-state index is 13.0. The lowest BCUT2D eigenvalue weighted by Crippen LogP contribution is -2.28. The summed E-state index contributed by atoms with van der Waals surface area (Å²) in [6.07, 6.45) is 8.21. The van der Waals surface area contributed by atoms with E-state index in [4.69, 9.17) is 28.4 Å². The van der Waals surface area contributed by atoms with E-state index < -0.39 is 0 Å². The van der Waals surface area contributed by atoms with Gasteiger partial charge in [0.1, 0.15) is 28.6 Å². The Morgan fingerprint density at radius 2 is 1.65 bits per heavy atom. The van der Waals surface area contributed by atoms with Crippen molar-refractivity contribution in [2.75, 3.05) is 35.0 Å². The number of allylic oxidation sites excluding steroid dienone is 1. The standard InChI is InChI=1S/C33H34O7/c1-33(2)14-13-24-27(40-33)11-9-22-15-23(19-39-32(22)24)25-16-21(29(36-4)18-30(25)37-5)7-10-26(34)20-8-12-28(35-3)31(17-20)38-6/h7-14,16-18,23H,15,19H2,1-6H3/b10-7+/t23-/m0/s1. The number of hydrogen-bond donors (Lipinski definition) is 0. The minimum Gasteiger partial charge on any atom is -0.496 e. The molecule has 2 aliphatic heterocycles. The van der Waals surface area contributed by atoms with Gasteiger partial charge in [-0.15, -0.1) is 0 Å². The van der Waals surface area contributed by atoms with Crippen LogP contribution in [0.4, 0.5) is 0 Å². The minimum absolute atomic E-state index is 0.0463. The quantitative estimate of drug-likeness (QED) is 0.237. The third-order valence-corrected chi connectivity index (χ3v) is 7.26. The van der Waals surface area contributed by atoms with Crippen molar-refractivity contribution < 1.29 is 33.2 Å². The highest BCUT2D eigenvalue weighted by molar-refractivity contribution is 6.07. The summed E-state index contributed by atoms with van der Waals surface area (Å²) in [5.41, 5.74) is 3.99. The predicted octanol–water partition coefficient (Wildman–Crippen LogP) is 6.52. The van der Waals surface area contributed by atoms with Crippen LogP contribution in [0.5, 0.6) is 34.5 Å². The molecule has 3 aromatic rings. The van der Waals surface area contributed by atoms with Crippen LogP contribution in [0.1, 0.15) is 52.4 Å². The van der Waals surface area contributed by atoms with Gasteiger partial charge in [0.2, 0.25) is 0 Å².